The van der Waals surface area contributed by atoms with Crippen LogP contribution in [0.5, 0.6) is 0 Å². The van der Waals surface area contributed by atoms with Gasteiger partial charge in [0.15, 0.2) is 0 Å². The monoisotopic (exact) mass is 240 g/mol. The van der Waals surface area contributed by atoms with Gasteiger partial charge >= 0.3 is 0 Å². The number of hydrogen-bond acceptors (Lipinski definition) is 4. The van der Waals surface area contributed by atoms with E-state index in [0.717, 1.165) is 25.6 Å². The number of fused-ring (bicyclic) bond motifs is 2. The number of nitrogens with two attached hydrogens (primary N) is 1. The van der Waals surface area contributed by atoms with E-state index in [0.29, 0.717) is 18.8 Å². The van der Waals surface area contributed by atoms with Crippen molar-refractivity contribution in [2.24, 2.45) is 17.1 Å². The Labute approximate surface area is 103 Å². The smallest absolute Gasteiger partial charge is 0.0624 e. The molecule has 4 nitrogen and oxygen atoms in total. The van der Waals surface area contributed by atoms with Gasteiger partial charge in [-0.2, -0.15) is 0 Å². The summed E-state index contributed by atoms with van der Waals surface area (Å²) in [7, 11) is 0. The lowest BCUT2D eigenvalue weighted by molar-refractivity contribution is 0.0915. The van der Waals surface area contributed by atoms with Crippen LogP contribution in [0.25, 0.3) is 0 Å². The molecule has 3 aliphatic rings. The molecule has 3 N–H and O–H groups in total. The topological polar surface area (TPSA) is 56.5 Å². The molecule has 2 bridgehead atoms. The molecular formula is C13H24N2O2. The van der Waals surface area contributed by atoms with Crippen LogP contribution in [0.4, 0.5) is 0 Å². The van der Waals surface area contributed by atoms with E-state index in [1.54, 1.807) is 0 Å². The second-order valence-corrected chi connectivity index (χ2v) is 6.28. The minimum absolute atomic E-state index is 0.110. The summed E-state index contributed by atoms with van der Waals surface area (Å²) in [6.45, 7) is 5.74. The van der Waals surface area contributed by atoms with E-state index < -0.39 is 0 Å². The molecule has 0 aromatic heterocycles. The Morgan fingerprint density at radius 3 is 2.88 bits per heavy atom. The van der Waals surface area contributed by atoms with Crippen LogP contribution in [0.15, 0.2) is 0 Å². The van der Waals surface area contributed by atoms with Gasteiger partial charge in [-0.15, -0.1) is 0 Å². The molecule has 0 aromatic carbocycles. The van der Waals surface area contributed by atoms with Crippen LogP contribution in [0.3, 0.4) is 0 Å². The third kappa shape index (κ3) is 2.24. The first kappa shape index (κ1) is 11.9. The first-order valence-electron chi connectivity index (χ1n) is 6.87. The second-order valence-electron chi connectivity index (χ2n) is 6.28. The van der Waals surface area contributed by atoms with Gasteiger partial charge in [0.25, 0.3) is 0 Å². The quantitative estimate of drug-likeness (QED) is 0.751. The average Bonchev–Trinajstić information content (AvgIpc) is 2.97. The molecule has 3 aliphatic heterocycles. The lowest BCUT2D eigenvalue weighted by Crippen LogP contribution is -2.46. The molecule has 5 unspecified atom stereocenters. The summed E-state index contributed by atoms with van der Waals surface area (Å²) in [6, 6.07) is 0.172. The molecule has 5 atom stereocenters. The highest BCUT2D eigenvalue weighted by Gasteiger charge is 2.41. The number of hydrogen-bond donors (Lipinski definition) is 2. The Morgan fingerprint density at radius 2 is 2.29 bits per heavy atom. The largest absolute Gasteiger partial charge is 0.379 e. The highest BCUT2D eigenvalue weighted by molar-refractivity contribution is 4.94. The second kappa shape index (κ2) is 4.50. The van der Waals surface area contributed by atoms with Crippen LogP contribution < -0.4 is 11.1 Å². The summed E-state index contributed by atoms with van der Waals surface area (Å²) in [5.41, 5.74) is 6.19. The average molecular weight is 240 g/mol. The first-order valence-corrected chi connectivity index (χ1v) is 6.87. The Morgan fingerprint density at radius 1 is 1.41 bits per heavy atom. The summed E-state index contributed by atoms with van der Waals surface area (Å²) >= 11 is 0. The first-order chi connectivity index (χ1) is 8.17. The van der Waals surface area contributed by atoms with Crippen molar-refractivity contribution in [1.82, 2.24) is 5.32 Å². The third-order valence-corrected chi connectivity index (χ3v) is 4.79. The Balaban J connectivity index is 1.43. The molecule has 0 amide bonds. The minimum atomic E-state index is 0.110. The number of nitrogens with one attached hydrogen (secondary N) is 1. The van der Waals surface area contributed by atoms with Gasteiger partial charge in [0, 0.05) is 30.5 Å². The molecule has 3 saturated heterocycles. The van der Waals surface area contributed by atoms with Crippen LogP contribution in [-0.2, 0) is 9.47 Å². The molecule has 0 aliphatic carbocycles. The molecule has 17 heavy (non-hydrogen) atoms. The van der Waals surface area contributed by atoms with E-state index in [-0.39, 0.29) is 11.5 Å². The van der Waals surface area contributed by atoms with Crippen molar-refractivity contribution in [3.63, 3.8) is 0 Å². The van der Waals surface area contributed by atoms with E-state index in [1.165, 1.54) is 19.3 Å². The van der Waals surface area contributed by atoms with Gasteiger partial charge in [0.2, 0.25) is 0 Å². The van der Waals surface area contributed by atoms with E-state index in [2.05, 4.69) is 12.2 Å². The molecule has 3 rings (SSSR count). The molecular weight excluding hydrogens is 216 g/mol. The fourth-order valence-corrected chi connectivity index (χ4v) is 3.41. The number of ether oxygens (including phenoxy) is 2. The maximum atomic E-state index is 6.08. The van der Waals surface area contributed by atoms with Crippen LogP contribution in [0.1, 0.15) is 26.2 Å². The Hall–Kier alpha value is -0.160. The van der Waals surface area contributed by atoms with Gasteiger partial charge in [-0.3, -0.25) is 0 Å². The van der Waals surface area contributed by atoms with Crippen molar-refractivity contribution < 1.29 is 9.47 Å². The standard InChI is InChI=1S/C13H24N2O2/c1-13(8-16-6-12(13)14)7-15-5-9-4-10-2-3-11(9)17-10/h9-12,15H,2-8,14H2,1H3. The molecule has 0 aromatic rings. The van der Waals surface area contributed by atoms with Crippen LogP contribution >= 0.6 is 0 Å². The van der Waals surface area contributed by atoms with Gasteiger partial charge in [0.05, 0.1) is 25.4 Å². The van der Waals surface area contributed by atoms with Crippen molar-refractivity contribution in [1.29, 1.82) is 0 Å². The Bertz CT molecular complexity index is 287. The maximum Gasteiger partial charge on any atom is 0.0624 e. The lowest BCUT2D eigenvalue weighted by Gasteiger charge is -2.28. The summed E-state index contributed by atoms with van der Waals surface area (Å²) in [5, 5.41) is 3.59. The fraction of sp³-hybridized carbons (Fsp3) is 1.00. The van der Waals surface area contributed by atoms with Crippen molar-refractivity contribution >= 4 is 0 Å². The molecule has 0 radical (unpaired) electrons. The zero-order valence-corrected chi connectivity index (χ0v) is 10.7. The fourth-order valence-electron chi connectivity index (χ4n) is 3.41. The van der Waals surface area contributed by atoms with Crippen molar-refractivity contribution in [2.45, 2.75) is 44.4 Å². The van der Waals surface area contributed by atoms with E-state index in [9.17, 15) is 0 Å². The highest BCUT2D eigenvalue weighted by atomic mass is 16.5. The normalized spacial score (nSPS) is 49.1. The van der Waals surface area contributed by atoms with Gasteiger partial charge < -0.3 is 20.5 Å². The van der Waals surface area contributed by atoms with Crippen molar-refractivity contribution in [3.05, 3.63) is 0 Å². The van der Waals surface area contributed by atoms with Gasteiger partial charge in [-0.1, -0.05) is 6.92 Å². The zero-order valence-electron chi connectivity index (χ0n) is 10.7. The van der Waals surface area contributed by atoms with Crippen LogP contribution in [0, 0.1) is 11.3 Å². The van der Waals surface area contributed by atoms with Crippen LogP contribution in [0.2, 0.25) is 0 Å². The minimum Gasteiger partial charge on any atom is -0.379 e. The highest BCUT2D eigenvalue weighted by Crippen LogP contribution is 2.38. The summed E-state index contributed by atoms with van der Waals surface area (Å²) in [6.07, 6.45) is 4.86. The predicted octanol–water partition coefficient (Wildman–Crippen LogP) is 0.507. The van der Waals surface area contributed by atoms with Crippen LogP contribution in [-0.4, -0.2) is 44.6 Å². The number of rotatable bonds is 4. The molecule has 4 heteroatoms. The lowest BCUT2D eigenvalue weighted by atomic mass is 9.85. The summed E-state index contributed by atoms with van der Waals surface area (Å²) in [5.74, 6) is 0.718. The van der Waals surface area contributed by atoms with Gasteiger partial charge in [0.1, 0.15) is 0 Å². The van der Waals surface area contributed by atoms with Gasteiger partial charge in [-0.25, -0.2) is 0 Å². The van der Waals surface area contributed by atoms with E-state index in [4.69, 9.17) is 15.2 Å². The molecule has 98 valence electrons. The van der Waals surface area contributed by atoms with Crippen molar-refractivity contribution in [2.75, 3.05) is 26.3 Å². The molecule has 3 fully saturated rings. The molecule has 3 heterocycles. The maximum absolute atomic E-state index is 6.08. The zero-order chi connectivity index (χ0) is 11.9. The van der Waals surface area contributed by atoms with E-state index in [1.807, 2.05) is 0 Å². The molecule has 0 spiro atoms. The van der Waals surface area contributed by atoms with E-state index >= 15 is 0 Å². The summed E-state index contributed by atoms with van der Waals surface area (Å²) < 4.78 is 11.3. The SMILES string of the molecule is CC1(CNCC2CC3CCC2O3)COCC1N. The van der Waals surface area contributed by atoms with Crippen molar-refractivity contribution in [3.8, 4) is 0 Å². The Kier molecular flexibility index (Phi) is 3.15. The summed E-state index contributed by atoms with van der Waals surface area (Å²) in [4.78, 5) is 0. The van der Waals surface area contributed by atoms with Gasteiger partial charge in [-0.05, 0) is 19.3 Å². The predicted molar refractivity (Wildman–Crippen MR) is 65.8 cm³/mol. The third-order valence-electron chi connectivity index (χ3n) is 4.79. The molecule has 0 saturated carbocycles.